The van der Waals surface area contributed by atoms with Crippen LogP contribution in [0.4, 0.5) is 0 Å². The van der Waals surface area contributed by atoms with Gasteiger partial charge in [0.15, 0.2) is 5.76 Å². The smallest absolute Gasteiger partial charge is 0.264 e. The van der Waals surface area contributed by atoms with Crippen molar-refractivity contribution in [3.8, 4) is 0 Å². The Balaban J connectivity index is 1.50. The number of nitrogens with zero attached hydrogens (tertiary/aromatic N) is 2. The zero-order chi connectivity index (χ0) is 16.9. The van der Waals surface area contributed by atoms with Gasteiger partial charge >= 0.3 is 0 Å². The Morgan fingerprint density at radius 1 is 1.38 bits per heavy atom. The topological polar surface area (TPSA) is 76.7 Å². The lowest BCUT2D eigenvalue weighted by Crippen LogP contribution is -2.34. The van der Waals surface area contributed by atoms with Gasteiger partial charge in [-0.2, -0.15) is 0 Å². The third kappa shape index (κ3) is 3.94. The van der Waals surface area contributed by atoms with Crippen LogP contribution >= 0.6 is 11.6 Å². The molecule has 1 aromatic carbocycles. The summed E-state index contributed by atoms with van der Waals surface area (Å²) in [4.78, 5) is 17.4. The molecule has 24 heavy (non-hydrogen) atoms. The van der Waals surface area contributed by atoms with Crippen molar-refractivity contribution in [2.75, 3.05) is 0 Å². The summed E-state index contributed by atoms with van der Waals surface area (Å²) < 4.78 is 5.19. The van der Waals surface area contributed by atoms with Crippen LogP contribution < -0.4 is 5.32 Å². The Hall–Kier alpha value is -2.34. The third-order valence-corrected chi connectivity index (χ3v) is 3.94. The predicted octanol–water partition coefficient (Wildman–Crippen LogP) is 3.09. The van der Waals surface area contributed by atoms with Crippen LogP contribution in [-0.2, 0) is 22.6 Å². The number of halogens is 1. The number of carbonyl (C=O) groups excluding carboxylic acids is 1. The van der Waals surface area contributed by atoms with E-state index in [9.17, 15) is 4.79 Å². The molecule has 7 heteroatoms. The van der Waals surface area contributed by atoms with Gasteiger partial charge in [-0.1, -0.05) is 47.4 Å². The lowest BCUT2D eigenvalue weighted by Gasteiger charge is -2.07. The lowest BCUT2D eigenvalue weighted by atomic mass is 10.0. The van der Waals surface area contributed by atoms with Crippen LogP contribution in [0.5, 0.6) is 0 Å². The number of aryl methyl sites for hydroxylation is 1. The summed E-state index contributed by atoms with van der Waals surface area (Å²) in [6, 6.07) is 9.13. The molecule has 2 aromatic rings. The van der Waals surface area contributed by atoms with Gasteiger partial charge < -0.3 is 14.7 Å². The van der Waals surface area contributed by atoms with Gasteiger partial charge in [0.25, 0.3) is 5.91 Å². The van der Waals surface area contributed by atoms with Gasteiger partial charge in [-0.05, 0) is 24.1 Å². The van der Waals surface area contributed by atoms with Crippen molar-refractivity contribution in [3.05, 3.63) is 52.4 Å². The molecule has 1 N–H and O–H groups in total. The summed E-state index contributed by atoms with van der Waals surface area (Å²) in [7, 11) is 0. The molecule has 6 nitrogen and oxygen atoms in total. The first-order valence-electron chi connectivity index (χ1n) is 7.86. The van der Waals surface area contributed by atoms with E-state index in [1.165, 1.54) is 0 Å². The quantitative estimate of drug-likeness (QED) is 0.871. The molecule has 1 aliphatic heterocycles. The van der Waals surface area contributed by atoms with E-state index in [2.05, 4.69) is 22.6 Å². The Labute approximate surface area is 144 Å². The van der Waals surface area contributed by atoms with Crippen LogP contribution in [-0.4, -0.2) is 22.9 Å². The van der Waals surface area contributed by atoms with Crippen molar-refractivity contribution in [1.82, 2.24) is 10.5 Å². The largest absolute Gasteiger partial charge is 0.382 e. The average molecular weight is 348 g/mol. The SMILES string of the molecule is CCCc1cc(CNC(=O)[C@@H]2CC(c3ccc(Cl)cc3)=NO2)on1. The van der Waals surface area contributed by atoms with Crippen molar-refractivity contribution in [3.63, 3.8) is 0 Å². The maximum Gasteiger partial charge on any atom is 0.264 e. The minimum Gasteiger partial charge on any atom is -0.382 e. The molecule has 1 aliphatic rings. The number of hydrogen-bond donors (Lipinski definition) is 1. The van der Waals surface area contributed by atoms with Gasteiger partial charge in [0.1, 0.15) is 0 Å². The molecule has 0 saturated heterocycles. The summed E-state index contributed by atoms with van der Waals surface area (Å²) in [5.74, 6) is 0.403. The van der Waals surface area contributed by atoms with Crippen molar-refractivity contribution >= 4 is 23.2 Å². The molecule has 0 spiro atoms. The molecular weight excluding hydrogens is 330 g/mol. The molecule has 0 bridgehead atoms. The first-order valence-corrected chi connectivity index (χ1v) is 8.24. The number of aromatic nitrogens is 1. The van der Waals surface area contributed by atoms with E-state index < -0.39 is 6.10 Å². The first kappa shape index (κ1) is 16.5. The number of hydrogen-bond acceptors (Lipinski definition) is 5. The van der Waals surface area contributed by atoms with E-state index in [1.54, 1.807) is 12.1 Å². The standard InChI is InChI=1S/C17H18ClN3O3/c1-2-3-13-8-14(23-20-13)10-19-17(22)16-9-15(21-24-16)11-4-6-12(18)7-5-11/h4-8,16H,2-3,9-10H2,1H3,(H,19,22)/t16-/m0/s1. The highest BCUT2D eigenvalue weighted by molar-refractivity contribution is 6.30. The average Bonchev–Trinajstić information content (AvgIpc) is 3.23. The molecular formula is C17H18ClN3O3. The van der Waals surface area contributed by atoms with Crippen molar-refractivity contribution in [2.24, 2.45) is 5.16 Å². The van der Waals surface area contributed by atoms with E-state index >= 15 is 0 Å². The molecule has 1 aromatic heterocycles. The third-order valence-electron chi connectivity index (χ3n) is 3.69. The fourth-order valence-electron chi connectivity index (χ4n) is 2.43. The van der Waals surface area contributed by atoms with Gasteiger partial charge in [-0.25, -0.2) is 0 Å². The van der Waals surface area contributed by atoms with Crippen LogP contribution in [0, 0.1) is 0 Å². The summed E-state index contributed by atoms with van der Waals surface area (Å²) in [5.41, 5.74) is 2.53. The normalized spacial score (nSPS) is 16.6. The summed E-state index contributed by atoms with van der Waals surface area (Å²) in [6.07, 6.45) is 1.65. The molecule has 0 radical (unpaired) electrons. The number of amides is 1. The van der Waals surface area contributed by atoms with Gasteiger partial charge in [0.05, 0.1) is 18.0 Å². The summed E-state index contributed by atoms with van der Waals surface area (Å²) in [6.45, 7) is 2.36. The van der Waals surface area contributed by atoms with E-state index in [4.69, 9.17) is 21.0 Å². The lowest BCUT2D eigenvalue weighted by molar-refractivity contribution is -0.131. The van der Waals surface area contributed by atoms with Gasteiger partial charge in [0.2, 0.25) is 6.10 Å². The molecule has 1 atom stereocenters. The zero-order valence-electron chi connectivity index (χ0n) is 13.3. The number of nitrogens with one attached hydrogen (secondary N) is 1. The molecule has 0 saturated carbocycles. The molecule has 0 aliphatic carbocycles. The Bertz CT molecular complexity index is 740. The second-order valence-electron chi connectivity index (χ2n) is 5.60. The molecule has 3 rings (SSSR count). The number of benzene rings is 1. The molecule has 0 unspecified atom stereocenters. The molecule has 1 amide bonds. The second kappa shape index (κ2) is 7.49. The van der Waals surface area contributed by atoms with Crippen molar-refractivity contribution < 1.29 is 14.2 Å². The van der Waals surface area contributed by atoms with E-state index in [0.29, 0.717) is 17.2 Å². The van der Waals surface area contributed by atoms with Crippen LogP contribution in [0.2, 0.25) is 5.02 Å². The van der Waals surface area contributed by atoms with Gasteiger partial charge in [-0.3, -0.25) is 4.79 Å². The van der Waals surface area contributed by atoms with E-state index in [1.807, 2.05) is 18.2 Å². The number of rotatable bonds is 6. The Morgan fingerprint density at radius 2 is 2.17 bits per heavy atom. The van der Waals surface area contributed by atoms with Gasteiger partial charge in [-0.15, -0.1) is 0 Å². The minimum atomic E-state index is -0.631. The van der Waals surface area contributed by atoms with Gasteiger partial charge in [0, 0.05) is 17.5 Å². The second-order valence-corrected chi connectivity index (χ2v) is 6.03. The van der Waals surface area contributed by atoms with Crippen LogP contribution in [0.15, 0.2) is 40.0 Å². The molecule has 2 heterocycles. The van der Waals surface area contributed by atoms with E-state index in [0.717, 1.165) is 29.8 Å². The predicted molar refractivity (Wildman–Crippen MR) is 89.8 cm³/mol. The van der Waals surface area contributed by atoms with Crippen molar-refractivity contribution in [2.45, 2.75) is 38.8 Å². The molecule has 126 valence electrons. The van der Waals surface area contributed by atoms with Crippen LogP contribution in [0.3, 0.4) is 0 Å². The van der Waals surface area contributed by atoms with Crippen LogP contribution in [0.25, 0.3) is 0 Å². The molecule has 0 fully saturated rings. The maximum atomic E-state index is 12.2. The zero-order valence-corrected chi connectivity index (χ0v) is 14.0. The highest BCUT2D eigenvalue weighted by Gasteiger charge is 2.28. The summed E-state index contributed by atoms with van der Waals surface area (Å²) in [5, 5.41) is 11.4. The minimum absolute atomic E-state index is 0.226. The van der Waals surface area contributed by atoms with Crippen LogP contribution in [0.1, 0.15) is 36.8 Å². The number of oxime groups is 1. The highest BCUT2D eigenvalue weighted by Crippen LogP contribution is 2.19. The highest BCUT2D eigenvalue weighted by atomic mass is 35.5. The first-order chi connectivity index (χ1) is 11.7. The number of carbonyl (C=O) groups is 1. The Kier molecular flexibility index (Phi) is 5.15. The monoisotopic (exact) mass is 347 g/mol. The Morgan fingerprint density at radius 3 is 2.92 bits per heavy atom. The van der Waals surface area contributed by atoms with E-state index in [-0.39, 0.29) is 12.5 Å². The fourth-order valence-corrected chi connectivity index (χ4v) is 2.56. The maximum absolute atomic E-state index is 12.2. The van der Waals surface area contributed by atoms with Crippen molar-refractivity contribution in [1.29, 1.82) is 0 Å². The fraction of sp³-hybridized carbons (Fsp3) is 0.353. The summed E-state index contributed by atoms with van der Waals surface area (Å²) >= 11 is 5.87.